The second kappa shape index (κ2) is 8.18. The van der Waals surface area contributed by atoms with Gasteiger partial charge in [0, 0.05) is 30.4 Å². The van der Waals surface area contributed by atoms with Crippen LogP contribution in [0.25, 0.3) is 0 Å². The number of rotatable bonds is 5. The van der Waals surface area contributed by atoms with Crippen LogP contribution < -0.4 is 16.0 Å². The molecule has 1 aromatic rings. The van der Waals surface area contributed by atoms with E-state index in [1.165, 1.54) is 25.7 Å². The normalized spacial score (nSPS) is 20.0. The standard InChI is InChI=1S/C18H29N3O/c1-13-8-9-17(12-18(13)21-15(3)22)20-14(2)11-16-7-5-4-6-10-19-16/h8-9,12,14,16,19-20H,4-7,10-11H2,1-3H3,(H,21,22). The van der Waals surface area contributed by atoms with Crippen molar-refractivity contribution in [1.82, 2.24) is 5.32 Å². The number of benzene rings is 1. The largest absolute Gasteiger partial charge is 0.382 e. The molecule has 0 radical (unpaired) electrons. The summed E-state index contributed by atoms with van der Waals surface area (Å²) in [6, 6.07) is 7.17. The van der Waals surface area contributed by atoms with E-state index in [4.69, 9.17) is 0 Å². The molecule has 3 N–H and O–H groups in total. The molecule has 1 aromatic carbocycles. The van der Waals surface area contributed by atoms with Crippen molar-refractivity contribution in [3.8, 4) is 0 Å². The molecule has 1 saturated heterocycles. The summed E-state index contributed by atoms with van der Waals surface area (Å²) in [7, 11) is 0. The number of aryl methyl sites for hydroxylation is 1. The number of amides is 1. The maximum atomic E-state index is 11.3. The van der Waals surface area contributed by atoms with Gasteiger partial charge < -0.3 is 16.0 Å². The third kappa shape index (κ3) is 5.34. The lowest BCUT2D eigenvalue weighted by Crippen LogP contribution is -2.33. The average molecular weight is 303 g/mol. The molecule has 1 aliphatic rings. The lowest BCUT2D eigenvalue weighted by Gasteiger charge is -2.22. The van der Waals surface area contributed by atoms with Crippen molar-refractivity contribution in [2.45, 2.75) is 65.0 Å². The summed E-state index contributed by atoms with van der Waals surface area (Å²) in [5, 5.41) is 10.1. The first-order valence-corrected chi connectivity index (χ1v) is 8.43. The first-order chi connectivity index (χ1) is 10.5. The quantitative estimate of drug-likeness (QED) is 0.778. The molecule has 0 saturated carbocycles. The van der Waals surface area contributed by atoms with Gasteiger partial charge in [0.25, 0.3) is 0 Å². The summed E-state index contributed by atoms with van der Waals surface area (Å²) >= 11 is 0. The Labute approximate surface area is 134 Å². The third-order valence-corrected chi connectivity index (χ3v) is 4.26. The molecule has 1 amide bonds. The van der Waals surface area contributed by atoms with Gasteiger partial charge in [-0.15, -0.1) is 0 Å². The third-order valence-electron chi connectivity index (χ3n) is 4.26. The molecule has 0 bridgehead atoms. The smallest absolute Gasteiger partial charge is 0.221 e. The topological polar surface area (TPSA) is 53.2 Å². The molecule has 2 rings (SSSR count). The molecule has 4 heteroatoms. The monoisotopic (exact) mass is 303 g/mol. The van der Waals surface area contributed by atoms with E-state index in [9.17, 15) is 4.79 Å². The van der Waals surface area contributed by atoms with Crippen molar-refractivity contribution < 1.29 is 4.79 Å². The maximum Gasteiger partial charge on any atom is 0.221 e. The van der Waals surface area contributed by atoms with Crippen molar-refractivity contribution in [3.05, 3.63) is 23.8 Å². The van der Waals surface area contributed by atoms with E-state index in [1.807, 2.05) is 19.1 Å². The van der Waals surface area contributed by atoms with E-state index in [2.05, 4.69) is 28.9 Å². The first kappa shape index (κ1) is 16.8. The highest BCUT2D eigenvalue weighted by Gasteiger charge is 2.15. The fraction of sp³-hybridized carbons (Fsp3) is 0.611. The van der Waals surface area contributed by atoms with E-state index in [-0.39, 0.29) is 5.91 Å². The highest BCUT2D eigenvalue weighted by atomic mass is 16.1. The molecule has 22 heavy (non-hydrogen) atoms. The number of nitrogens with one attached hydrogen (secondary N) is 3. The number of carbonyl (C=O) groups excluding carboxylic acids is 1. The van der Waals surface area contributed by atoms with Crippen LogP contribution in [-0.2, 0) is 4.79 Å². The fourth-order valence-electron chi connectivity index (χ4n) is 3.11. The van der Waals surface area contributed by atoms with Gasteiger partial charge in [0.05, 0.1) is 0 Å². The molecule has 2 unspecified atom stereocenters. The molecular formula is C18H29N3O. The Bertz CT molecular complexity index is 493. The molecule has 0 aliphatic carbocycles. The Morgan fingerprint density at radius 1 is 1.36 bits per heavy atom. The molecule has 0 spiro atoms. The van der Waals surface area contributed by atoms with Crippen molar-refractivity contribution in [2.75, 3.05) is 17.2 Å². The molecule has 1 aliphatic heterocycles. The Hall–Kier alpha value is -1.55. The van der Waals surface area contributed by atoms with Crippen LogP contribution in [0.5, 0.6) is 0 Å². The Balaban J connectivity index is 1.92. The summed E-state index contributed by atoms with van der Waals surface area (Å²) in [6.07, 6.45) is 6.39. The highest BCUT2D eigenvalue weighted by Crippen LogP contribution is 2.22. The Morgan fingerprint density at radius 2 is 2.18 bits per heavy atom. The van der Waals surface area contributed by atoms with Gasteiger partial charge >= 0.3 is 0 Å². The zero-order chi connectivity index (χ0) is 15.9. The molecule has 1 heterocycles. The van der Waals surface area contributed by atoms with E-state index >= 15 is 0 Å². The minimum atomic E-state index is -0.0315. The summed E-state index contributed by atoms with van der Waals surface area (Å²) < 4.78 is 0. The van der Waals surface area contributed by atoms with Gasteiger partial charge in [0.15, 0.2) is 0 Å². The zero-order valence-corrected chi connectivity index (χ0v) is 14.0. The number of carbonyl (C=O) groups is 1. The fourth-order valence-corrected chi connectivity index (χ4v) is 3.11. The van der Waals surface area contributed by atoms with Gasteiger partial charge in [-0.3, -0.25) is 4.79 Å². The van der Waals surface area contributed by atoms with Gasteiger partial charge in [-0.2, -0.15) is 0 Å². The molecule has 1 fully saturated rings. The minimum Gasteiger partial charge on any atom is -0.382 e. The Kier molecular flexibility index (Phi) is 6.25. The number of hydrogen-bond donors (Lipinski definition) is 3. The summed E-state index contributed by atoms with van der Waals surface area (Å²) in [4.78, 5) is 11.3. The zero-order valence-electron chi connectivity index (χ0n) is 14.0. The van der Waals surface area contributed by atoms with Crippen molar-refractivity contribution in [2.24, 2.45) is 0 Å². The second-order valence-electron chi connectivity index (χ2n) is 6.49. The van der Waals surface area contributed by atoms with Gasteiger partial charge in [0.1, 0.15) is 0 Å². The molecule has 2 atom stereocenters. The Morgan fingerprint density at radius 3 is 2.95 bits per heavy atom. The molecular weight excluding hydrogens is 274 g/mol. The maximum absolute atomic E-state index is 11.3. The average Bonchev–Trinajstić information content (AvgIpc) is 2.70. The molecule has 0 aromatic heterocycles. The van der Waals surface area contributed by atoms with Crippen LogP contribution in [0.2, 0.25) is 0 Å². The van der Waals surface area contributed by atoms with Gasteiger partial charge in [-0.25, -0.2) is 0 Å². The van der Waals surface area contributed by atoms with Gasteiger partial charge in [-0.05, 0) is 57.4 Å². The van der Waals surface area contributed by atoms with Gasteiger partial charge in [-0.1, -0.05) is 18.9 Å². The second-order valence-corrected chi connectivity index (χ2v) is 6.49. The summed E-state index contributed by atoms with van der Waals surface area (Å²) in [5.41, 5.74) is 3.03. The van der Waals surface area contributed by atoms with Crippen LogP contribution in [0.1, 0.15) is 51.5 Å². The van der Waals surface area contributed by atoms with Crippen LogP contribution in [-0.4, -0.2) is 24.5 Å². The lowest BCUT2D eigenvalue weighted by molar-refractivity contribution is -0.114. The van der Waals surface area contributed by atoms with Crippen LogP contribution in [0.15, 0.2) is 18.2 Å². The first-order valence-electron chi connectivity index (χ1n) is 8.43. The van der Waals surface area contributed by atoms with E-state index in [1.54, 1.807) is 6.92 Å². The van der Waals surface area contributed by atoms with E-state index < -0.39 is 0 Å². The van der Waals surface area contributed by atoms with Crippen LogP contribution in [0.4, 0.5) is 11.4 Å². The summed E-state index contributed by atoms with van der Waals surface area (Å²) in [6.45, 7) is 6.92. The number of anilines is 2. The van der Waals surface area contributed by atoms with Crippen LogP contribution >= 0.6 is 0 Å². The highest BCUT2D eigenvalue weighted by molar-refractivity contribution is 5.90. The predicted molar refractivity (Wildman–Crippen MR) is 93.4 cm³/mol. The minimum absolute atomic E-state index is 0.0315. The van der Waals surface area contributed by atoms with Crippen LogP contribution in [0.3, 0.4) is 0 Å². The van der Waals surface area contributed by atoms with Crippen molar-refractivity contribution >= 4 is 17.3 Å². The van der Waals surface area contributed by atoms with Crippen molar-refractivity contribution in [3.63, 3.8) is 0 Å². The van der Waals surface area contributed by atoms with Crippen molar-refractivity contribution in [1.29, 1.82) is 0 Å². The predicted octanol–water partition coefficient (Wildman–Crippen LogP) is 3.68. The number of hydrogen-bond acceptors (Lipinski definition) is 3. The van der Waals surface area contributed by atoms with Gasteiger partial charge in [0.2, 0.25) is 5.91 Å². The lowest BCUT2D eigenvalue weighted by atomic mass is 10.0. The summed E-state index contributed by atoms with van der Waals surface area (Å²) in [5.74, 6) is -0.0315. The van der Waals surface area contributed by atoms with Crippen LogP contribution in [0, 0.1) is 6.92 Å². The van der Waals surface area contributed by atoms with E-state index in [0.717, 1.165) is 29.9 Å². The van der Waals surface area contributed by atoms with E-state index in [0.29, 0.717) is 12.1 Å². The molecule has 122 valence electrons. The molecule has 4 nitrogen and oxygen atoms in total. The SMILES string of the molecule is CC(=O)Nc1cc(NC(C)CC2CCCCCN2)ccc1C.